The fraction of sp³-hybridized carbons (Fsp3) is 0.429. The second kappa shape index (κ2) is 4.92. The third-order valence-corrected chi connectivity index (χ3v) is 2.22. The number of allylic oxidation sites excluding steroid dienone is 3. The van der Waals surface area contributed by atoms with Crippen molar-refractivity contribution in [1.82, 2.24) is 0 Å². The fourth-order valence-corrected chi connectivity index (χ4v) is 1.71. The molecule has 0 radical (unpaired) electrons. The molecule has 4 heteroatoms. The normalized spacial score (nSPS) is 16.9. The van der Waals surface area contributed by atoms with Gasteiger partial charge in [0, 0.05) is 33.7 Å². The molecule has 1 aliphatic carbocycles. The molecule has 0 aliphatic heterocycles. The average molecular weight is 284 g/mol. The molecule has 2 nitrogen and oxygen atoms in total. The van der Waals surface area contributed by atoms with Gasteiger partial charge in [-0.2, -0.15) is 0 Å². The van der Waals surface area contributed by atoms with E-state index in [2.05, 4.69) is 27.3 Å². The molecule has 62 valence electrons. The van der Waals surface area contributed by atoms with E-state index < -0.39 is 0 Å². The summed E-state index contributed by atoms with van der Waals surface area (Å²) >= 11 is 2.09. The van der Waals surface area contributed by atoms with Crippen molar-refractivity contribution in [3.63, 3.8) is 0 Å². The van der Waals surface area contributed by atoms with Crippen molar-refractivity contribution in [2.24, 2.45) is 0 Å². The van der Waals surface area contributed by atoms with Gasteiger partial charge in [-0.1, -0.05) is 0 Å². The van der Waals surface area contributed by atoms with Crippen LogP contribution >= 0.6 is 30.4 Å². The number of hydrogen-bond donors (Lipinski definition) is 0. The topological polar surface area (TPSA) is 18.5 Å². The van der Waals surface area contributed by atoms with E-state index in [0.29, 0.717) is 0 Å². The predicted octanol–water partition coefficient (Wildman–Crippen LogP) is 3.21. The third kappa shape index (κ3) is 2.94. The highest BCUT2D eigenvalue weighted by Gasteiger charge is 2.05. The molecule has 0 unspecified atom stereocenters. The Hall–Kier alpha value is 0.160. The maximum atomic E-state index is 5.22. The molecule has 1 aliphatic rings. The van der Waals surface area contributed by atoms with Gasteiger partial charge >= 0.3 is 0 Å². The number of ether oxygens (including phenoxy) is 1. The van der Waals surface area contributed by atoms with E-state index >= 15 is 0 Å². The van der Waals surface area contributed by atoms with Gasteiger partial charge in [0.05, 0.1) is 12.9 Å². The third-order valence-electron chi connectivity index (χ3n) is 1.43. The first-order valence-corrected chi connectivity index (χ1v) is 6.55. The maximum Gasteiger partial charge on any atom is 0.137 e. The second-order valence-corrected chi connectivity index (χ2v) is 3.48. The second-order valence-electron chi connectivity index (χ2n) is 2.11. The van der Waals surface area contributed by atoms with Crippen LogP contribution in [-0.2, 0) is 8.92 Å². The SMILES string of the molecule is COC1=CC(OSI)=CCC1. The minimum atomic E-state index is 0.896. The average Bonchev–Trinajstić information content (AvgIpc) is 2.06. The zero-order valence-corrected chi connectivity index (χ0v) is 9.15. The first-order chi connectivity index (χ1) is 5.36. The maximum absolute atomic E-state index is 5.22. The van der Waals surface area contributed by atoms with E-state index in [1.807, 2.05) is 6.08 Å². The van der Waals surface area contributed by atoms with E-state index in [-0.39, 0.29) is 0 Å². The lowest BCUT2D eigenvalue weighted by Gasteiger charge is -2.10. The summed E-state index contributed by atoms with van der Waals surface area (Å²) in [6, 6.07) is 0. The van der Waals surface area contributed by atoms with Gasteiger partial charge in [-0.25, -0.2) is 0 Å². The molecule has 1 rings (SSSR count). The van der Waals surface area contributed by atoms with Crippen LogP contribution in [0.3, 0.4) is 0 Å². The summed E-state index contributed by atoms with van der Waals surface area (Å²) in [4.78, 5) is 0. The minimum absolute atomic E-state index is 0.896. The summed E-state index contributed by atoms with van der Waals surface area (Å²) in [7, 11) is 3.01. The van der Waals surface area contributed by atoms with Crippen LogP contribution in [0, 0.1) is 0 Å². The summed E-state index contributed by atoms with van der Waals surface area (Å²) in [6.07, 6.45) is 5.98. The summed E-state index contributed by atoms with van der Waals surface area (Å²) in [5, 5.41) is 0. The molecule has 0 saturated carbocycles. The molecular formula is C7H9IO2S. The van der Waals surface area contributed by atoms with E-state index in [4.69, 9.17) is 8.92 Å². The van der Waals surface area contributed by atoms with Gasteiger partial charge in [-0.15, -0.1) is 0 Å². The Morgan fingerprint density at radius 3 is 3.09 bits per heavy atom. The van der Waals surface area contributed by atoms with Crippen LogP contribution in [-0.4, -0.2) is 7.11 Å². The van der Waals surface area contributed by atoms with Crippen LogP contribution in [0.1, 0.15) is 12.8 Å². The molecule has 0 heterocycles. The molecule has 0 aromatic heterocycles. The lowest BCUT2D eigenvalue weighted by atomic mass is 10.1. The highest BCUT2D eigenvalue weighted by molar-refractivity contribution is 14.2. The van der Waals surface area contributed by atoms with Crippen LogP contribution < -0.4 is 0 Å². The monoisotopic (exact) mass is 284 g/mol. The van der Waals surface area contributed by atoms with Crippen molar-refractivity contribution < 1.29 is 8.92 Å². The molecule has 0 saturated heterocycles. The molecule has 0 bridgehead atoms. The summed E-state index contributed by atoms with van der Waals surface area (Å²) in [6.45, 7) is 0. The van der Waals surface area contributed by atoms with Crippen LogP contribution in [0.4, 0.5) is 0 Å². The van der Waals surface area contributed by atoms with Crippen molar-refractivity contribution in [2.45, 2.75) is 12.8 Å². The predicted molar refractivity (Wildman–Crippen MR) is 55.1 cm³/mol. The van der Waals surface area contributed by atoms with Crippen molar-refractivity contribution >= 4 is 30.4 Å². The van der Waals surface area contributed by atoms with Crippen molar-refractivity contribution in [1.29, 1.82) is 0 Å². The number of methoxy groups -OCH3 is 1. The van der Waals surface area contributed by atoms with Crippen LogP contribution in [0.5, 0.6) is 0 Å². The molecule has 0 atom stereocenters. The van der Waals surface area contributed by atoms with Gasteiger partial charge in [0.25, 0.3) is 0 Å². The van der Waals surface area contributed by atoms with Crippen molar-refractivity contribution in [3.05, 3.63) is 23.7 Å². The first-order valence-electron chi connectivity index (χ1n) is 3.27. The molecular weight excluding hydrogens is 275 g/mol. The lowest BCUT2D eigenvalue weighted by Crippen LogP contribution is -1.94. The highest BCUT2D eigenvalue weighted by atomic mass is 127. The molecule has 11 heavy (non-hydrogen) atoms. The summed E-state index contributed by atoms with van der Waals surface area (Å²) in [5.41, 5.74) is 0. The number of hydrogen-bond acceptors (Lipinski definition) is 3. The Morgan fingerprint density at radius 1 is 1.64 bits per heavy atom. The van der Waals surface area contributed by atoms with E-state index in [1.54, 1.807) is 7.11 Å². The smallest absolute Gasteiger partial charge is 0.137 e. The van der Waals surface area contributed by atoms with Gasteiger partial charge in [-0.3, -0.25) is 0 Å². The summed E-state index contributed by atoms with van der Waals surface area (Å²) < 4.78 is 10.3. The van der Waals surface area contributed by atoms with Crippen molar-refractivity contribution in [3.8, 4) is 0 Å². The van der Waals surface area contributed by atoms with Gasteiger partial charge < -0.3 is 8.92 Å². The van der Waals surface area contributed by atoms with E-state index in [9.17, 15) is 0 Å². The Morgan fingerprint density at radius 2 is 2.45 bits per heavy atom. The standard InChI is InChI=1S/C7H9IO2S/c1-9-6-3-2-4-7(5-6)10-11-8/h4-5H,2-3H2,1H3. The molecule has 0 N–H and O–H groups in total. The molecule has 0 aromatic carbocycles. The Labute approximate surface area is 82.8 Å². The molecule has 0 amide bonds. The first kappa shape index (κ1) is 9.25. The van der Waals surface area contributed by atoms with Crippen LogP contribution in [0.25, 0.3) is 0 Å². The molecule has 0 spiro atoms. The van der Waals surface area contributed by atoms with Crippen LogP contribution in [0.15, 0.2) is 23.7 Å². The Bertz CT molecular complexity index is 189. The van der Waals surface area contributed by atoms with Gasteiger partial charge in [0.1, 0.15) is 15.0 Å². The summed E-state index contributed by atoms with van der Waals surface area (Å²) in [5.74, 6) is 1.89. The number of rotatable bonds is 3. The lowest BCUT2D eigenvalue weighted by molar-refractivity contribution is 0.272. The fourth-order valence-electron chi connectivity index (χ4n) is 0.902. The van der Waals surface area contributed by atoms with Crippen LogP contribution in [0.2, 0.25) is 0 Å². The number of halogens is 1. The quantitative estimate of drug-likeness (QED) is 0.585. The minimum Gasteiger partial charge on any atom is -0.501 e. The zero-order chi connectivity index (χ0) is 8.10. The molecule has 0 fully saturated rings. The van der Waals surface area contributed by atoms with E-state index in [1.165, 1.54) is 9.21 Å². The van der Waals surface area contributed by atoms with E-state index in [0.717, 1.165) is 24.4 Å². The Kier molecular flexibility index (Phi) is 4.14. The van der Waals surface area contributed by atoms with Gasteiger partial charge in [0.2, 0.25) is 0 Å². The largest absolute Gasteiger partial charge is 0.501 e. The van der Waals surface area contributed by atoms with Crippen molar-refractivity contribution in [2.75, 3.05) is 7.11 Å². The van der Waals surface area contributed by atoms with Gasteiger partial charge in [0.15, 0.2) is 0 Å². The van der Waals surface area contributed by atoms with Gasteiger partial charge in [-0.05, 0) is 12.5 Å². The highest BCUT2D eigenvalue weighted by Crippen LogP contribution is 2.24. The zero-order valence-electron chi connectivity index (χ0n) is 6.17. The molecule has 0 aromatic rings. The Balaban J connectivity index is 2.53.